The Hall–Kier alpha value is -1.84. The summed E-state index contributed by atoms with van der Waals surface area (Å²) in [4.78, 5) is 24.2. The number of Topliss-reactive ketones (excluding diaryl/α,β-unsaturated/α-hetero) is 1. The lowest BCUT2D eigenvalue weighted by Gasteiger charge is -2.26. The van der Waals surface area contributed by atoms with E-state index in [9.17, 15) is 9.59 Å². The minimum absolute atomic E-state index is 0.0935. The highest BCUT2D eigenvalue weighted by Crippen LogP contribution is 2.34. The Balaban J connectivity index is 2.23. The van der Waals surface area contributed by atoms with Gasteiger partial charge in [0.2, 0.25) is 0 Å². The quantitative estimate of drug-likeness (QED) is 0.803. The maximum atomic E-state index is 12.2. The van der Waals surface area contributed by atoms with Crippen LogP contribution in [0.2, 0.25) is 0 Å². The summed E-state index contributed by atoms with van der Waals surface area (Å²) >= 11 is 0. The number of fused-ring (bicyclic) bond motifs is 1. The molecular weight excluding hydrogens is 268 g/mol. The second kappa shape index (κ2) is 5.88. The van der Waals surface area contributed by atoms with Gasteiger partial charge < -0.3 is 9.47 Å². The zero-order valence-electron chi connectivity index (χ0n) is 13.1. The summed E-state index contributed by atoms with van der Waals surface area (Å²) in [6.07, 6.45) is 1.30. The molecule has 0 amide bonds. The fourth-order valence-corrected chi connectivity index (χ4v) is 2.63. The summed E-state index contributed by atoms with van der Waals surface area (Å²) in [5.74, 6) is 0.0504. The van der Waals surface area contributed by atoms with Gasteiger partial charge in [0.25, 0.3) is 0 Å². The summed E-state index contributed by atoms with van der Waals surface area (Å²) in [5.41, 5.74) is 1.48. The first kappa shape index (κ1) is 15.5. The van der Waals surface area contributed by atoms with Crippen LogP contribution < -0.4 is 4.74 Å². The Labute approximate surface area is 125 Å². The zero-order chi connectivity index (χ0) is 15.6. The Morgan fingerprint density at radius 2 is 2.00 bits per heavy atom. The summed E-state index contributed by atoms with van der Waals surface area (Å²) in [7, 11) is 1.59. The molecule has 0 spiro atoms. The molecule has 21 heavy (non-hydrogen) atoms. The molecule has 0 heterocycles. The monoisotopic (exact) mass is 290 g/mol. The number of aryl methyl sites for hydroxylation is 1. The van der Waals surface area contributed by atoms with E-state index in [1.54, 1.807) is 7.11 Å². The molecule has 1 aromatic carbocycles. The number of methoxy groups -OCH3 is 1. The van der Waals surface area contributed by atoms with Crippen molar-refractivity contribution in [2.45, 2.75) is 51.6 Å². The molecule has 4 nitrogen and oxygen atoms in total. The fourth-order valence-electron chi connectivity index (χ4n) is 2.63. The van der Waals surface area contributed by atoms with Crippen LogP contribution in [-0.2, 0) is 20.7 Å². The van der Waals surface area contributed by atoms with Crippen molar-refractivity contribution in [3.05, 3.63) is 29.3 Å². The molecule has 4 heteroatoms. The summed E-state index contributed by atoms with van der Waals surface area (Å²) < 4.78 is 10.6. The van der Waals surface area contributed by atoms with Gasteiger partial charge in [0.15, 0.2) is 0 Å². The lowest BCUT2D eigenvalue weighted by Crippen LogP contribution is -2.28. The molecular formula is C17H22O4. The molecule has 1 aromatic rings. The number of carbonyl (C=O) groups excluding carboxylic acids is 2. The van der Waals surface area contributed by atoms with Crippen molar-refractivity contribution in [3.8, 4) is 5.75 Å². The largest absolute Gasteiger partial charge is 0.497 e. The highest BCUT2D eigenvalue weighted by molar-refractivity contribution is 5.91. The first-order valence-electron chi connectivity index (χ1n) is 7.21. The van der Waals surface area contributed by atoms with Crippen LogP contribution in [0.4, 0.5) is 0 Å². The molecule has 0 saturated carbocycles. The first-order valence-corrected chi connectivity index (χ1v) is 7.21. The number of ether oxygens (including phenoxy) is 2. The van der Waals surface area contributed by atoms with E-state index in [4.69, 9.17) is 9.47 Å². The van der Waals surface area contributed by atoms with Crippen LogP contribution in [0, 0.1) is 0 Å². The van der Waals surface area contributed by atoms with Gasteiger partial charge in [0.05, 0.1) is 19.4 Å². The minimum atomic E-state index is -0.536. The normalized spacial score (nSPS) is 18.1. The molecule has 0 bridgehead atoms. The van der Waals surface area contributed by atoms with Gasteiger partial charge in [-0.25, -0.2) is 0 Å². The van der Waals surface area contributed by atoms with E-state index in [2.05, 4.69) is 0 Å². The molecule has 0 N–H and O–H groups in total. The summed E-state index contributed by atoms with van der Waals surface area (Å²) in [5, 5.41) is 0. The summed E-state index contributed by atoms with van der Waals surface area (Å²) in [6, 6.07) is 5.73. The molecule has 2 rings (SSSR count). The Morgan fingerprint density at radius 1 is 1.29 bits per heavy atom. The van der Waals surface area contributed by atoms with Crippen molar-refractivity contribution in [1.29, 1.82) is 0 Å². The molecule has 0 aromatic heterocycles. The predicted molar refractivity (Wildman–Crippen MR) is 79.5 cm³/mol. The third-order valence-electron chi connectivity index (χ3n) is 3.55. The van der Waals surface area contributed by atoms with E-state index in [1.807, 2.05) is 39.0 Å². The van der Waals surface area contributed by atoms with Gasteiger partial charge >= 0.3 is 5.97 Å². The van der Waals surface area contributed by atoms with Crippen LogP contribution in [0.1, 0.15) is 50.7 Å². The van der Waals surface area contributed by atoms with E-state index >= 15 is 0 Å². The van der Waals surface area contributed by atoms with E-state index in [0.29, 0.717) is 12.2 Å². The molecule has 0 unspecified atom stereocenters. The highest BCUT2D eigenvalue weighted by atomic mass is 16.6. The van der Waals surface area contributed by atoms with Crippen molar-refractivity contribution in [2.75, 3.05) is 7.11 Å². The highest BCUT2D eigenvalue weighted by Gasteiger charge is 2.31. The van der Waals surface area contributed by atoms with Crippen molar-refractivity contribution in [3.63, 3.8) is 0 Å². The van der Waals surface area contributed by atoms with Crippen LogP contribution >= 0.6 is 0 Å². The number of benzene rings is 1. The average Bonchev–Trinajstić information content (AvgIpc) is 2.39. The van der Waals surface area contributed by atoms with Gasteiger partial charge in [-0.1, -0.05) is 6.07 Å². The van der Waals surface area contributed by atoms with Crippen molar-refractivity contribution in [1.82, 2.24) is 0 Å². The Morgan fingerprint density at radius 3 is 2.62 bits per heavy atom. The maximum Gasteiger partial charge on any atom is 0.307 e. The number of esters is 1. The molecule has 1 atom stereocenters. The molecule has 0 fully saturated rings. The second-order valence-corrected chi connectivity index (χ2v) is 6.37. The van der Waals surface area contributed by atoms with Gasteiger partial charge in [0.1, 0.15) is 17.1 Å². The topological polar surface area (TPSA) is 52.6 Å². The van der Waals surface area contributed by atoms with Gasteiger partial charge in [-0.2, -0.15) is 0 Å². The third kappa shape index (κ3) is 3.84. The van der Waals surface area contributed by atoms with Crippen LogP contribution in [0.3, 0.4) is 0 Å². The van der Waals surface area contributed by atoms with Crippen molar-refractivity contribution < 1.29 is 19.1 Å². The number of hydrogen-bond donors (Lipinski definition) is 0. The number of hydrogen-bond acceptors (Lipinski definition) is 4. The SMILES string of the molecule is COc1ccc2c(c1)[C@@H](CC(=O)OC(C)(C)C)C(=O)CC2. The lowest BCUT2D eigenvalue weighted by atomic mass is 9.80. The molecule has 1 aliphatic carbocycles. The van der Waals surface area contributed by atoms with Gasteiger partial charge in [-0.15, -0.1) is 0 Å². The fraction of sp³-hybridized carbons (Fsp3) is 0.529. The molecule has 1 aliphatic rings. The Bertz CT molecular complexity index is 554. The van der Waals surface area contributed by atoms with Crippen molar-refractivity contribution >= 4 is 11.8 Å². The standard InChI is InChI=1S/C17H22O4/c1-17(2,3)21-16(19)10-14-13-9-12(20-4)7-5-11(13)6-8-15(14)18/h5,7,9,14H,6,8,10H2,1-4H3/t14-/m1/s1. The molecule has 0 saturated heterocycles. The second-order valence-electron chi connectivity index (χ2n) is 6.37. The smallest absolute Gasteiger partial charge is 0.307 e. The van der Waals surface area contributed by atoms with Crippen LogP contribution in [-0.4, -0.2) is 24.5 Å². The van der Waals surface area contributed by atoms with Crippen molar-refractivity contribution in [2.24, 2.45) is 0 Å². The molecule has 0 aliphatic heterocycles. The van der Waals surface area contributed by atoms with Gasteiger partial charge in [0, 0.05) is 6.42 Å². The van der Waals surface area contributed by atoms with Gasteiger partial charge in [-0.3, -0.25) is 9.59 Å². The van der Waals surface area contributed by atoms with E-state index in [1.165, 1.54) is 0 Å². The zero-order valence-corrected chi connectivity index (χ0v) is 13.1. The van der Waals surface area contributed by atoms with E-state index in [-0.39, 0.29) is 18.2 Å². The van der Waals surface area contributed by atoms with Crippen LogP contribution in [0.15, 0.2) is 18.2 Å². The third-order valence-corrected chi connectivity index (χ3v) is 3.55. The van der Waals surface area contributed by atoms with Gasteiger partial charge in [-0.05, 0) is 50.5 Å². The molecule has 114 valence electrons. The lowest BCUT2D eigenvalue weighted by molar-refractivity contribution is -0.156. The molecule has 0 radical (unpaired) electrons. The van der Waals surface area contributed by atoms with Crippen LogP contribution in [0.25, 0.3) is 0 Å². The minimum Gasteiger partial charge on any atom is -0.497 e. The maximum absolute atomic E-state index is 12.2. The first-order chi connectivity index (χ1) is 9.80. The average molecular weight is 290 g/mol. The predicted octanol–water partition coefficient (Wildman–Crippen LogP) is 3.03. The number of rotatable bonds is 3. The van der Waals surface area contributed by atoms with E-state index < -0.39 is 11.5 Å². The van der Waals surface area contributed by atoms with E-state index in [0.717, 1.165) is 17.5 Å². The number of ketones is 1. The Kier molecular flexibility index (Phi) is 4.35. The summed E-state index contributed by atoms with van der Waals surface area (Å²) in [6.45, 7) is 5.47. The van der Waals surface area contributed by atoms with Crippen LogP contribution in [0.5, 0.6) is 5.75 Å². The number of carbonyl (C=O) groups is 2.